The summed E-state index contributed by atoms with van der Waals surface area (Å²) >= 11 is 6.58. The van der Waals surface area contributed by atoms with E-state index in [-0.39, 0.29) is 10.7 Å². The predicted octanol–water partition coefficient (Wildman–Crippen LogP) is 28.8. The third-order valence-corrected chi connectivity index (χ3v) is 25.6. The van der Waals surface area contributed by atoms with Crippen LogP contribution >= 0.6 is 11.6 Å². The molecule has 0 aliphatic heterocycles. The maximum Gasteiger partial charge on any atom is 0.235 e. The smallest absolute Gasteiger partial charge is 0.235 e. The standard InChI is InChI=1S/C54H34N4O.C34H22ClN3O.C21H14/c1-54(2)44-28-36(38-18-9-15-31-16-10-24-55-50(31)38)20-22-40(44)49-51(37-21-23-48-43(27-37)39-17-7-8-19-47(39)59-48)56-53(57-52(49)54)58-45-29-34-13-5-3-11-32(34)25-41(45)42-26-33-12-4-6-14-35(33)30-46(42)58;1-34(2)26-18-20(22-10-5-7-19-8-6-16-36-30(19)22)12-14-24(26)29-31(37-33(35)38-32(29)34)21-13-15-28-25(17-21)23-9-3-4-11-27(23)39-28;1-3-7-16-12-20-18(9-14(16)5-1)11-19-10-15-6-2-4-8-17(15)13-21(19)20/h3-30H,1-2H3;3-18H,1-2H3;1-10,12-13H,11H2. The van der Waals surface area contributed by atoms with Crippen LogP contribution in [0.15, 0.2) is 349 Å². The van der Waals surface area contributed by atoms with Crippen molar-refractivity contribution in [1.29, 1.82) is 0 Å². The number of pyridine rings is 2. The maximum atomic E-state index is 6.58. The first-order valence-electron chi connectivity index (χ1n) is 40.6. The minimum atomic E-state index is -0.449. The van der Waals surface area contributed by atoms with Gasteiger partial charge in [-0.1, -0.05) is 246 Å². The summed E-state index contributed by atoms with van der Waals surface area (Å²) in [7, 11) is 0. The molecule has 119 heavy (non-hydrogen) atoms. The summed E-state index contributed by atoms with van der Waals surface area (Å²) in [5.74, 6) is 0.654. The summed E-state index contributed by atoms with van der Waals surface area (Å²) in [6.45, 7) is 9.04. The van der Waals surface area contributed by atoms with Gasteiger partial charge in [0.15, 0.2) is 0 Å². The highest BCUT2D eigenvalue weighted by Gasteiger charge is 2.43. The van der Waals surface area contributed by atoms with Crippen LogP contribution in [0, 0.1) is 0 Å². The number of hydrogen-bond acceptors (Lipinski definition) is 8. The van der Waals surface area contributed by atoms with Crippen molar-refractivity contribution in [3.63, 3.8) is 0 Å². The Morgan fingerprint density at radius 2 is 0.681 bits per heavy atom. The Balaban J connectivity index is 0.000000114. The average Bonchev–Trinajstić information content (AvgIpc) is 1.56. The first-order valence-corrected chi connectivity index (χ1v) is 40.9. The van der Waals surface area contributed by atoms with Crippen LogP contribution in [0.25, 0.3) is 215 Å². The van der Waals surface area contributed by atoms with Gasteiger partial charge in [0, 0.05) is 99.7 Å². The van der Waals surface area contributed by atoms with Gasteiger partial charge in [-0.25, -0.2) is 19.9 Å². The molecule has 560 valence electrons. The van der Waals surface area contributed by atoms with Crippen LogP contribution in [-0.2, 0) is 17.3 Å². The number of nitrogens with zero attached hydrogens (tertiary/aromatic N) is 7. The number of furan rings is 2. The van der Waals surface area contributed by atoms with E-state index >= 15 is 0 Å². The summed E-state index contributed by atoms with van der Waals surface area (Å²) in [5, 5.41) is 19.3. The Bertz CT molecular complexity index is 8150. The van der Waals surface area contributed by atoms with E-state index in [9.17, 15) is 0 Å². The third kappa shape index (κ3) is 10.8. The first kappa shape index (κ1) is 68.6. The molecule has 0 saturated carbocycles. The summed E-state index contributed by atoms with van der Waals surface area (Å²) in [6.07, 6.45) is 4.78. The van der Waals surface area contributed by atoms with Crippen LogP contribution in [0.2, 0.25) is 5.28 Å². The summed E-state index contributed by atoms with van der Waals surface area (Å²) < 4.78 is 14.7. The van der Waals surface area contributed by atoms with Crippen LogP contribution < -0.4 is 0 Å². The average molecular weight is 1550 g/mol. The third-order valence-electron chi connectivity index (χ3n) is 25.4. The van der Waals surface area contributed by atoms with Gasteiger partial charge in [-0.15, -0.1) is 0 Å². The maximum absolute atomic E-state index is 6.58. The lowest BCUT2D eigenvalue weighted by molar-refractivity contribution is 0.633. The van der Waals surface area contributed by atoms with E-state index in [1.807, 2.05) is 60.9 Å². The first-order chi connectivity index (χ1) is 58.3. The second kappa shape index (κ2) is 26.1. The minimum Gasteiger partial charge on any atom is -0.456 e. The Kier molecular flexibility index (Phi) is 15.1. The van der Waals surface area contributed by atoms with Crippen molar-refractivity contribution in [3.8, 4) is 84.1 Å². The van der Waals surface area contributed by atoms with E-state index < -0.39 is 5.41 Å². The van der Waals surface area contributed by atoms with Crippen molar-refractivity contribution in [2.75, 3.05) is 0 Å². The minimum absolute atomic E-state index is 0.250. The fourth-order valence-corrected chi connectivity index (χ4v) is 19.7. The van der Waals surface area contributed by atoms with Crippen molar-refractivity contribution >= 4 is 142 Å². The van der Waals surface area contributed by atoms with Gasteiger partial charge in [0.2, 0.25) is 11.2 Å². The fourth-order valence-electron chi connectivity index (χ4n) is 19.6. The second-order valence-electron chi connectivity index (χ2n) is 33.0. The molecule has 0 N–H and O–H groups in total. The zero-order valence-electron chi connectivity index (χ0n) is 65.4. The van der Waals surface area contributed by atoms with Crippen LogP contribution in [0.1, 0.15) is 61.3 Å². The Hall–Kier alpha value is -14.8. The molecule has 3 aliphatic carbocycles. The lowest BCUT2D eigenvalue weighted by Gasteiger charge is -2.22. The predicted molar refractivity (Wildman–Crippen MR) is 490 cm³/mol. The van der Waals surface area contributed by atoms with E-state index in [1.165, 1.54) is 87.2 Å². The molecule has 23 aromatic rings. The van der Waals surface area contributed by atoms with Crippen molar-refractivity contribution in [2.45, 2.75) is 44.9 Å². The number of para-hydroxylation sites is 4. The number of hydrogen-bond donors (Lipinski definition) is 0. The molecule has 0 bridgehead atoms. The molecule has 7 heterocycles. The number of rotatable bonds is 5. The highest BCUT2D eigenvalue weighted by molar-refractivity contribution is 6.28. The van der Waals surface area contributed by atoms with Gasteiger partial charge in [0.1, 0.15) is 22.3 Å². The molecule has 9 nitrogen and oxygen atoms in total. The molecular weight excluding hydrogens is 1470 g/mol. The van der Waals surface area contributed by atoms with Crippen LogP contribution in [0.3, 0.4) is 0 Å². The highest BCUT2D eigenvalue weighted by atomic mass is 35.5. The fraction of sp³-hybridized carbons (Fsp3) is 0.0642. The van der Waals surface area contributed by atoms with Crippen LogP contribution in [-0.4, -0.2) is 34.5 Å². The molecule has 0 amide bonds. The van der Waals surface area contributed by atoms with E-state index in [2.05, 4.69) is 316 Å². The molecule has 7 aromatic heterocycles. The van der Waals surface area contributed by atoms with Crippen molar-refractivity contribution in [3.05, 3.63) is 379 Å². The quantitative estimate of drug-likeness (QED) is 0.157. The lowest BCUT2D eigenvalue weighted by Crippen LogP contribution is -2.19. The van der Waals surface area contributed by atoms with E-state index in [4.69, 9.17) is 45.4 Å². The molecule has 0 fully saturated rings. The molecule has 0 atom stereocenters. The topological polar surface area (TPSA) is 109 Å². The molecule has 3 aliphatic rings. The molecule has 10 heteroatoms. The van der Waals surface area contributed by atoms with Gasteiger partial charge in [0.25, 0.3) is 0 Å². The lowest BCUT2D eigenvalue weighted by atomic mass is 9.84. The Morgan fingerprint density at radius 1 is 0.294 bits per heavy atom. The van der Waals surface area contributed by atoms with Gasteiger partial charge in [-0.05, 0) is 226 Å². The molecule has 0 spiro atoms. The summed E-state index contributed by atoms with van der Waals surface area (Å²) in [4.78, 5) is 30.4. The van der Waals surface area contributed by atoms with E-state index in [1.54, 1.807) is 0 Å². The van der Waals surface area contributed by atoms with Gasteiger partial charge >= 0.3 is 0 Å². The highest BCUT2D eigenvalue weighted by Crippen LogP contribution is 2.56. The van der Waals surface area contributed by atoms with E-state index in [0.29, 0.717) is 5.95 Å². The van der Waals surface area contributed by atoms with Gasteiger partial charge < -0.3 is 8.83 Å². The van der Waals surface area contributed by atoms with Crippen molar-refractivity contribution in [2.24, 2.45) is 0 Å². The van der Waals surface area contributed by atoms with E-state index in [0.717, 1.165) is 162 Å². The normalized spacial score (nSPS) is 13.4. The molecule has 26 rings (SSSR count). The van der Waals surface area contributed by atoms with Crippen molar-refractivity contribution in [1.82, 2.24) is 34.5 Å². The number of fused-ring (bicyclic) bond motifs is 24. The van der Waals surface area contributed by atoms with Crippen LogP contribution in [0.5, 0.6) is 0 Å². The zero-order valence-corrected chi connectivity index (χ0v) is 66.1. The largest absolute Gasteiger partial charge is 0.456 e. The SMILES string of the molecule is CC1(C)c2cc(-c3cccc4cccnc34)ccc2-c2c(-c3ccc4oc5ccccc5c4c3)nc(-n3c4cc5ccccc5cc4c4cc5ccccc5cc43)nc21.CC1(C)c2cc(-c3cccc4cccnc34)ccc2-c2c(-c3ccc4oc5ccccc5c4c3)nc(Cl)nc21.c1ccc2cc3c(cc2c1)Cc1cc2ccccc2cc1-3. The van der Waals surface area contributed by atoms with Crippen molar-refractivity contribution < 1.29 is 8.83 Å². The molecular formula is C109H70ClN7O2. The van der Waals surface area contributed by atoms with Gasteiger partial charge in [-0.3, -0.25) is 14.5 Å². The monoisotopic (exact) mass is 1540 g/mol. The van der Waals surface area contributed by atoms with Gasteiger partial charge in [0.05, 0.1) is 44.8 Å². The zero-order chi connectivity index (χ0) is 79.1. The van der Waals surface area contributed by atoms with Gasteiger partial charge in [-0.2, -0.15) is 0 Å². The summed E-state index contributed by atoms with van der Waals surface area (Å²) in [5.41, 5.74) is 29.6. The number of aromatic nitrogens is 7. The molecule has 0 radical (unpaired) electrons. The summed E-state index contributed by atoms with van der Waals surface area (Å²) in [6, 6.07) is 117. The molecule has 0 saturated heterocycles. The molecule has 16 aromatic carbocycles. The Morgan fingerprint density at radius 3 is 1.16 bits per heavy atom. The number of halogens is 1. The number of benzene rings is 16. The van der Waals surface area contributed by atoms with Crippen LogP contribution in [0.4, 0.5) is 0 Å². The Labute approximate surface area is 688 Å². The second-order valence-corrected chi connectivity index (χ2v) is 33.3. The molecule has 0 unspecified atom stereocenters.